The van der Waals surface area contributed by atoms with Crippen molar-refractivity contribution in [3.05, 3.63) is 99.6 Å². The lowest BCUT2D eigenvalue weighted by molar-refractivity contribution is -0.135. The van der Waals surface area contributed by atoms with Crippen LogP contribution in [0.1, 0.15) is 106 Å². The minimum atomic E-state index is -1.29. The van der Waals surface area contributed by atoms with E-state index in [4.69, 9.17) is 14.6 Å². The van der Waals surface area contributed by atoms with E-state index in [0.29, 0.717) is 5.92 Å². The van der Waals surface area contributed by atoms with Crippen molar-refractivity contribution < 1.29 is 33.0 Å². The molecule has 0 aliphatic heterocycles. The maximum absolute atomic E-state index is 13.0. The van der Waals surface area contributed by atoms with E-state index >= 15 is 0 Å². The number of benzene rings is 3. The molecule has 0 spiro atoms. The Balaban J connectivity index is 0. The van der Waals surface area contributed by atoms with Crippen molar-refractivity contribution in [2.45, 2.75) is 81.6 Å². The molecule has 6 nitrogen and oxygen atoms in total. The molecule has 0 heterocycles. The van der Waals surface area contributed by atoms with E-state index in [1.165, 1.54) is 34.8 Å². The Morgan fingerprint density at radius 3 is 1.96 bits per heavy atom. The highest BCUT2D eigenvalue weighted by atomic mass is 19.1. The number of aliphatic carboxylic acids is 1. The van der Waals surface area contributed by atoms with Gasteiger partial charge in [0, 0.05) is 5.56 Å². The molecule has 0 atom stereocenters. The number of carboxylic acids is 1. The predicted octanol–water partition coefficient (Wildman–Crippen LogP) is 9.29. The molecule has 3 aromatic carbocycles. The summed E-state index contributed by atoms with van der Waals surface area (Å²) in [5.74, 6) is -2.92. The number of hydrogen-bond acceptors (Lipinski definition) is 4. The highest BCUT2D eigenvalue weighted by Crippen LogP contribution is 2.32. The number of carbonyl (C=O) groups excluding carboxylic acids is 2. The zero-order chi connectivity index (χ0) is 35.1. The number of halogens is 2. The summed E-state index contributed by atoms with van der Waals surface area (Å²) in [5.41, 5.74) is 6.96. The fraction of sp³-hybridized carbons (Fsp3) is 0.378. The van der Waals surface area contributed by atoms with Gasteiger partial charge in [-0.25, -0.2) is 8.78 Å². The molecular formula is C37H51F2NO5. The number of ether oxygens (including phenoxy) is 1. The van der Waals surface area contributed by atoms with Crippen LogP contribution in [0.5, 0.6) is 5.75 Å². The highest BCUT2D eigenvalue weighted by Gasteiger charge is 2.17. The smallest absolute Gasteiger partial charge is 0.322 e. The van der Waals surface area contributed by atoms with Gasteiger partial charge >= 0.3 is 5.97 Å². The SMILES string of the molecule is CC.CC.CC=O.CCc1c(C)ccc(/C=C(\C)c2ccccc2C(C)C)c1OC.O=C(O)CNC(=O)c1c(F)cccc1F. The van der Waals surface area contributed by atoms with Gasteiger partial charge in [-0.2, -0.15) is 0 Å². The lowest BCUT2D eigenvalue weighted by atomic mass is 9.91. The van der Waals surface area contributed by atoms with Crippen LogP contribution in [0, 0.1) is 18.6 Å². The second-order valence-corrected chi connectivity index (χ2v) is 9.32. The van der Waals surface area contributed by atoms with E-state index < -0.39 is 35.6 Å². The van der Waals surface area contributed by atoms with Crippen molar-refractivity contribution in [1.29, 1.82) is 0 Å². The first-order chi connectivity index (χ1) is 21.4. The zero-order valence-corrected chi connectivity index (χ0v) is 28.7. The Morgan fingerprint density at radius 1 is 0.956 bits per heavy atom. The number of carboxylic acid groups (broad SMARTS) is 1. The van der Waals surface area contributed by atoms with Crippen molar-refractivity contribution >= 4 is 29.8 Å². The lowest BCUT2D eigenvalue weighted by Crippen LogP contribution is -2.30. The van der Waals surface area contributed by atoms with Gasteiger partial charge in [0.05, 0.1) is 7.11 Å². The van der Waals surface area contributed by atoms with E-state index in [1.54, 1.807) is 7.11 Å². The minimum absolute atomic E-state index is 0.515. The molecule has 0 unspecified atom stereocenters. The minimum Gasteiger partial charge on any atom is -0.496 e. The summed E-state index contributed by atoms with van der Waals surface area (Å²) in [7, 11) is 1.77. The summed E-state index contributed by atoms with van der Waals surface area (Å²) in [6.45, 7) is 19.8. The third kappa shape index (κ3) is 14.3. The zero-order valence-electron chi connectivity index (χ0n) is 28.7. The maximum Gasteiger partial charge on any atom is 0.322 e. The van der Waals surface area contributed by atoms with Crippen molar-refractivity contribution in [2.24, 2.45) is 0 Å². The van der Waals surface area contributed by atoms with Gasteiger partial charge in [0.25, 0.3) is 5.91 Å². The second kappa shape index (κ2) is 24.0. The normalized spacial score (nSPS) is 9.87. The second-order valence-electron chi connectivity index (χ2n) is 9.32. The number of carbonyl (C=O) groups is 3. The predicted molar refractivity (Wildman–Crippen MR) is 182 cm³/mol. The largest absolute Gasteiger partial charge is 0.496 e. The monoisotopic (exact) mass is 627 g/mol. The van der Waals surface area contributed by atoms with Crippen LogP contribution in [0.4, 0.5) is 8.78 Å². The van der Waals surface area contributed by atoms with Crippen molar-refractivity contribution in [3.8, 4) is 5.75 Å². The number of nitrogens with one attached hydrogen (secondary N) is 1. The molecule has 3 aromatic rings. The highest BCUT2D eigenvalue weighted by molar-refractivity contribution is 5.96. The van der Waals surface area contributed by atoms with Crippen LogP contribution in [0.3, 0.4) is 0 Å². The van der Waals surface area contributed by atoms with E-state index in [0.717, 1.165) is 42.2 Å². The molecule has 0 aliphatic rings. The summed E-state index contributed by atoms with van der Waals surface area (Å²) < 4.78 is 31.7. The number of aldehydes is 1. The molecule has 0 aliphatic carbocycles. The standard InChI is InChI=1S/C22H28O.C9H7F2NO3.C2H4O.2C2H6/c1-7-19-16(4)12-13-18(22(19)23-6)14-17(5)21-11-9-8-10-20(21)15(2)3;10-5-2-1-3-6(11)8(5)9(15)12-4-7(13)14;1-2-3;2*1-2/h8-15H,7H2,1-6H3;1-3H,4H2,(H,12,15)(H,13,14);2H,1H3;2*1-2H3/b17-14+;;;;. The lowest BCUT2D eigenvalue weighted by Gasteiger charge is -2.16. The maximum atomic E-state index is 13.0. The molecule has 0 saturated heterocycles. The van der Waals surface area contributed by atoms with Crippen LogP contribution in [0.25, 0.3) is 11.6 Å². The molecule has 2 N–H and O–H groups in total. The van der Waals surface area contributed by atoms with Crippen molar-refractivity contribution in [3.63, 3.8) is 0 Å². The summed E-state index contributed by atoms with van der Waals surface area (Å²) in [6.07, 6.45) is 3.98. The third-order valence-electron chi connectivity index (χ3n) is 6.05. The molecular weight excluding hydrogens is 576 g/mol. The average Bonchev–Trinajstić information content (AvgIpc) is 3.03. The van der Waals surface area contributed by atoms with Gasteiger partial charge in [-0.3, -0.25) is 9.59 Å². The van der Waals surface area contributed by atoms with Crippen LogP contribution in [0.15, 0.2) is 54.6 Å². The van der Waals surface area contributed by atoms with Crippen molar-refractivity contribution in [2.75, 3.05) is 13.7 Å². The van der Waals surface area contributed by atoms with Gasteiger partial charge in [-0.1, -0.05) is 90.9 Å². The first-order valence-electron chi connectivity index (χ1n) is 15.2. The topological polar surface area (TPSA) is 92.7 Å². The third-order valence-corrected chi connectivity index (χ3v) is 6.05. The summed E-state index contributed by atoms with van der Waals surface area (Å²) in [6, 6.07) is 16.0. The molecule has 0 aromatic heterocycles. The number of amides is 1. The van der Waals surface area contributed by atoms with Gasteiger partial charge in [-0.15, -0.1) is 0 Å². The molecule has 3 rings (SSSR count). The van der Waals surface area contributed by atoms with Gasteiger partial charge in [0.15, 0.2) is 0 Å². The molecule has 45 heavy (non-hydrogen) atoms. The van der Waals surface area contributed by atoms with Crippen molar-refractivity contribution in [1.82, 2.24) is 5.32 Å². The summed E-state index contributed by atoms with van der Waals surface area (Å²) >= 11 is 0. The fourth-order valence-electron chi connectivity index (χ4n) is 4.17. The summed E-state index contributed by atoms with van der Waals surface area (Å²) in [4.78, 5) is 30.0. The number of methoxy groups -OCH3 is 1. The molecule has 0 saturated carbocycles. The van der Waals surface area contributed by atoms with E-state index in [2.05, 4.69) is 77.1 Å². The van der Waals surface area contributed by atoms with Crippen LogP contribution in [-0.2, 0) is 16.0 Å². The molecule has 0 fully saturated rings. The number of aryl methyl sites for hydroxylation is 1. The molecule has 8 heteroatoms. The molecule has 0 bridgehead atoms. The van der Waals surface area contributed by atoms with Gasteiger partial charge in [0.1, 0.15) is 35.8 Å². The van der Waals surface area contributed by atoms with E-state index in [1.807, 2.05) is 33.0 Å². The summed E-state index contributed by atoms with van der Waals surface area (Å²) in [5, 5.41) is 10.1. The van der Waals surface area contributed by atoms with E-state index in [9.17, 15) is 18.4 Å². The van der Waals surface area contributed by atoms with Crippen LogP contribution < -0.4 is 10.1 Å². The Hall–Kier alpha value is -4.33. The number of rotatable bonds is 8. The molecule has 1 amide bonds. The number of hydrogen-bond donors (Lipinski definition) is 2. The van der Waals surface area contributed by atoms with Gasteiger partial charge in [-0.05, 0) is 79.1 Å². The Kier molecular flexibility index (Phi) is 22.9. The quantitative estimate of drug-likeness (QED) is 0.192. The first kappa shape index (κ1) is 42.8. The first-order valence-corrected chi connectivity index (χ1v) is 15.2. The Morgan fingerprint density at radius 2 is 1.49 bits per heavy atom. The Bertz CT molecular complexity index is 1350. The molecule has 248 valence electrons. The average molecular weight is 628 g/mol. The molecule has 0 radical (unpaired) electrons. The van der Waals surface area contributed by atoms with Gasteiger partial charge < -0.3 is 20.0 Å². The van der Waals surface area contributed by atoms with Crippen LogP contribution in [-0.4, -0.2) is 36.9 Å². The van der Waals surface area contributed by atoms with Gasteiger partial charge in [0.2, 0.25) is 0 Å². The van der Waals surface area contributed by atoms with Crippen LogP contribution >= 0.6 is 0 Å². The van der Waals surface area contributed by atoms with Crippen LogP contribution in [0.2, 0.25) is 0 Å². The number of allylic oxidation sites excluding steroid dienone is 1. The van der Waals surface area contributed by atoms with E-state index in [-0.39, 0.29) is 0 Å². The Labute approximate surface area is 268 Å². The fourth-order valence-corrected chi connectivity index (χ4v) is 4.17.